The largest absolute Gasteiger partial charge is 0.454 e. The summed E-state index contributed by atoms with van der Waals surface area (Å²) in [6.45, 7) is 4.54. The number of amides is 1. The van der Waals surface area contributed by atoms with Crippen molar-refractivity contribution in [2.45, 2.75) is 6.54 Å². The highest BCUT2D eigenvalue weighted by Crippen LogP contribution is 2.31. The van der Waals surface area contributed by atoms with E-state index in [1.807, 2.05) is 42.5 Å². The molecule has 1 N–H and O–H groups in total. The summed E-state index contributed by atoms with van der Waals surface area (Å²) in [7, 11) is 0. The first-order valence-electron chi connectivity index (χ1n) is 8.90. The second-order valence-corrected chi connectivity index (χ2v) is 6.40. The third-order valence-corrected chi connectivity index (χ3v) is 4.50. The van der Waals surface area contributed by atoms with Crippen LogP contribution in [0.3, 0.4) is 0 Å². The van der Waals surface area contributed by atoms with Crippen LogP contribution >= 0.6 is 0 Å². The Morgan fingerprint density at radius 2 is 1.85 bits per heavy atom. The van der Waals surface area contributed by atoms with E-state index in [0.29, 0.717) is 17.1 Å². The molecule has 2 aliphatic heterocycles. The Morgan fingerprint density at radius 1 is 1.07 bits per heavy atom. The molecule has 0 aromatic heterocycles. The first-order valence-corrected chi connectivity index (χ1v) is 8.90. The lowest BCUT2D eigenvalue weighted by Gasteiger charge is -2.26. The van der Waals surface area contributed by atoms with Gasteiger partial charge in [-0.25, -0.2) is 5.43 Å². The summed E-state index contributed by atoms with van der Waals surface area (Å²) < 4.78 is 15.9. The lowest BCUT2D eigenvalue weighted by Crippen LogP contribution is -2.35. The number of fused-ring (bicyclic) bond motifs is 1. The lowest BCUT2D eigenvalue weighted by molar-refractivity contribution is 0.0342. The Kier molecular flexibility index (Phi) is 5.32. The van der Waals surface area contributed by atoms with E-state index in [1.165, 1.54) is 5.56 Å². The van der Waals surface area contributed by atoms with Crippen molar-refractivity contribution in [2.75, 3.05) is 33.1 Å². The van der Waals surface area contributed by atoms with Crippen molar-refractivity contribution in [2.24, 2.45) is 5.10 Å². The maximum absolute atomic E-state index is 12.2. The number of carbonyl (C=O) groups excluding carboxylic acids is 1. The number of nitrogens with one attached hydrogen (secondary N) is 1. The SMILES string of the molecule is O=C(N/N=C\c1ccc2c(c1)OCO2)c1ccc(CN2CCOCC2)cc1. The van der Waals surface area contributed by atoms with Crippen molar-refractivity contribution in [3.8, 4) is 11.5 Å². The van der Waals surface area contributed by atoms with Gasteiger partial charge in [0.1, 0.15) is 0 Å². The Bertz CT molecular complexity index is 830. The van der Waals surface area contributed by atoms with Crippen LogP contribution in [-0.4, -0.2) is 50.1 Å². The number of benzene rings is 2. The van der Waals surface area contributed by atoms with Gasteiger partial charge in [0.2, 0.25) is 6.79 Å². The fourth-order valence-corrected chi connectivity index (χ4v) is 3.00. The van der Waals surface area contributed by atoms with Gasteiger partial charge in [-0.3, -0.25) is 9.69 Å². The van der Waals surface area contributed by atoms with E-state index in [4.69, 9.17) is 14.2 Å². The average Bonchev–Trinajstić information content (AvgIpc) is 3.17. The van der Waals surface area contributed by atoms with Crippen molar-refractivity contribution >= 4 is 12.1 Å². The highest BCUT2D eigenvalue weighted by Gasteiger charge is 2.13. The molecular weight excluding hydrogens is 346 g/mol. The molecule has 0 atom stereocenters. The van der Waals surface area contributed by atoms with Crippen molar-refractivity contribution in [1.82, 2.24) is 10.3 Å². The number of hydrazone groups is 1. The minimum atomic E-state index is -0.245. The molecule has 140 valence electrons. The van der Waals surface area contributed by atoms with Crippen LogP contribution < -0.4 is 14.9 Å². The average molecular weight is 367 g/mol. The first-order chi connectivity index (χ1) is 13.3. The van der Waals surface area contributed by atoms with Crippen LogP contribution in [0.5, 0.6) is 11.5 Å². The standard InChI is InChI=1S/C20H21N3O4/c24-20(22-21-12-16-3-6-18-19(11-16)27-14-26-18)17-4-1-15(2-5-17)13-23-7-9-25-10-8-23/h1-6,11-12H,7-10,13-14H2,(H,22,24)/b21-12-. The summed E-state index contributed by atoms with van der Waals surface area (Å²) >= 11 is 0. The van der Waals surface area contributed by atoms with Gasteiger partial charge in [0, 0.05) is 25.2 Å². The van der Waals surface area contributed by atoms with Crippen molar-refractivity contribution in [1.29, 1.82) is 0 Å². The van der Waals surface area contributed by atoms with Crippen LogP contribution in [0.1, 0.15) is 21.5 Å². The van der Waals surface area contributed by atoms with Gasteiger partial charge in [0.05, 0.1) is 19.4 Å². The zero-order valence-electron chi connectivity index (χ0n) is 14.9. The molecule has 0 radical (unpaired) electrons. The molecule has 7 heteroatoms. The van der Waals surface area contributed by atoms with Crippen LogP contribution in [0.15, 0.2) is 47.6 Å². The number of rotatable bonds is 5. The van der Waals surface area contributed by atoms with Gasteiger partial charge in [-0.05, 0) is 41.5 Å². The van der Waals surface area contributed by atoms with Gasteiger partial charge in [-0.1, -0.05) is 12.1 Å². The molecule has 1 amide bonds. The molecule has 0 saturated carbocycles. The Hall–Kier alpha value is -2.90. The number of hydrogen-bond acceptors (Lipinski definition) is 6. The maximum atomic E-state index is 12.2. The molecule has 1 fully saturated rings. The smallest absolute Gasteiger partial charge is 0.271 e. The number of nitrogens with zero attached hydrogens (tertiary/aromatic N) is 2. The van der Waals surface area contributed by atoms with Gasteiger partial charge in [0.15, 0.2) is 11.5 Å². The normalized spacial score (nSPS) is 16.6. The van der Waals surface area contributed by atoms with Gasteiger partial charge >= 0.3 is 0 Å². The van der Waals surface area contributed by atoms with E-state index in [-0.39, 0.29) is 12.7 Å². The molecule has 1 saturated heterocycles. The zero-order chi connectivity index (χ0) is 18.5. The predicted octanol–water partition coefficient (Wildman–Crippen LogP) is 2.01. The van der Waals surface area contributed by atoms with E-state index in [1.54, 1.807) is 6.21 Å². The van der Waals surface area contributed by atoms with Gasteiger partial charge in [-0.15, -0.1) is 0 Å². The number of hydrogen-bond donors (Lipinski definition) is 1. The van der Waals surface area contributed by atoms with Crippen molar-refractivity contribution in [3.05, 3.63) is 59.2 Å². The van der Waals surface area contributed by atoms with Crippen LogP contribution in [0.25, 0.3) is 0 Å². The lowest BCUT2D eigenvalue weighted by atomic mass is 10.1. The van der Waals surface area contributed by atoms with Gasteiger partial charge < -0.3 is 14.2 Å². The summed E-state index contributed by atoms with van der Waals surface area (Å²) in [5, 5.41) is 4.02. The molecule has 0 unspecified atom stereocenters. The summed E-state index contributed by atoms with van der Waals surface area (Å²) in [4.78, 5) is 14.6. The zero-order valence-corrected chi connectivity index (χ0v) is 14.9. The monoisotopic (exact) mass is 367 g/mol. The fraction of sp³-hybridized carbons (Fsp3) is 0.300. The second-order valence-electron chi connectivity index (χ2n) is 6.40. The van der Waals surface area contributed by atoms with E-state index in [2.05, 4.69) is 15.4 Å². The topological polar surface area (TPSA) is 72.4 Å². The van der Waals surface area contributed by atoms with E-state index in [0.717, 1.165) is 38.4 Å². The molecule has 2 aromatic rings. The fourth-order valence-electron chi connectivity index (χ4n) is 3.00. The maximum Gasteiger partial charge on any atom is 0.271 e. The summed E-state index contributed by atoms with van der Waals surface area (Å²) in [5.74, 6) is 1.15. The van der Waals surface area contributed by atoms with Gasteiger partial charge in [-0.2, -0.15) is 5.10 Å². The number of ether oxygens (including phenoxy) is 3. The van der Waals surface area contributed by atoms with Gasteiger partial charge in [0.25, 0.3) is 5.91 Å². The number of carbonyl (C=O) groups is 1. The quantitative estimate of drug-likeness (QED) is 0.647. The summed E-state index contributed by atoms with van der Waals surface area (Å²) in [6.07, 6.45) is 1.58. The summed E-state index contributed by atoms with van der Waals surface area (Å²) in [6, 6.07) is 13.1. The van der Waals surface area contributed by atoms with Crippen LogP contribution in [0.4, 0.5) is 0 Å². The highest BCUT2D eigenvalue weighted by molar-refractivity contribution is 5.94. The minimum absolute atomic E-state index is 0.230. The third-order valence-electron chi connectivity index (χ3n) is 4.50. The molecule has 2 aromatic carbocycles. The highest BCUT2D eigenvalue weighted by atomic mass is 16.7. The van der Waals surface area contributed by atoms with Crippen LogP contribution in [0.2, 0.25) is 0 Å². The predicted molar refractivity (Wildman–Crippen MR) is 100 cm³/mol. The molecule has 27 heavy (non-hydrogen) atoms. The third kappa shape index (κ3) is 4.45. The Balaban J connectivity index is 1.31. The molecular formula is C20H21N3O4. The molecule has 2 aliphatic rings. The number of morpholine rings is 1. The molecule has 4 rings (SSSR count). The van der Waals surface area contributed by atoms with Crippen molar-refractivity contribution < 1.29 is 19.0 Å². The Morgan fingerprint density at radius 3 is 2.67 bits per heavy atom. The molecule has 0 spiro atoms. The Labute approximate surface area is 157 Å². The van der Waals surface area contributed by atoms with E-state index in [9.17, 15) is 4.79 Å². The second kappa shape index (κ2) is 8.20. The summed E-state index contributed by atoms with van der Waals surface area (Å²) in [5.41, 5.74) is 5.12. The van der Waals surface area contributed by atoms with E-state index >= 15 is 0 Å². The molecule has 7 nitrogen and oxygen atoms in total. The van der Waals surface area contributed by atoms with Crippen LogP contribution in [-0.2, 0) is 11.3 Å². The molecule has 2 heterocycles. The first kappa shape index (κ1) is 17.5. The molecule has 0 bridgehead atoms. The van der Waals surface area contributed by atoms with E-state index < -0.39 is 0 Å². The minimum Gasteiger partial charge on any atom is -0.454 e. The van der Waals surface area contributed by atoms with Crippen molar-refractivity contribution in [3.63, 3.8) is 0 Å². The van der Waals surface area contributed by atoms with Crippen LogP contribution in [0, 0.1) is 0 Å². The molecule has 0 aliphatic carbocycles.